The molecule has 6 heteroatoms. The lowest BCUT2D eigenvalue weighted by molar-refractivity contribution is -0.182. The molecule has 0 amide bonds. The van der Waals surface area contributed by atoms with E-state index in [9.17, 15) is 4.39 Å². The molecule has 1 fully saturated rings. The summed E-state index contributed by atoms with van der Waals surface area (Å²) in [6.07, 6.45) is 0. The lowest BCUT2D eigenvalue weighted by Gasteiger charge is -2.47. The molecule has 0 saturated carbocycles. The van der Waals surface area contributed by atoms with Gasteiger partial charge < -0.3 is 14.8 Å². The summed E-state index contributed by atoms with van der Waals surface area (Å²) in [5.41, 5.74) is 0.158. The Balaban J connectivity index is 2.14. The first kappa shape index (κ1) is 16.4. The van der Waals surface area contributed by atoms with Crippen LogP contribution in [0, 0.1) is 5.82 Å². The first-order valence-electron chi connectivity index (χ1n) is 7.15. The van der Waals surface area contributed by atoms with E-state index in [1.165, 1.54) is 6.07 Å². The first-order valence-corrected chi connectivity index (χ1v) is 7.15. The quantitative estimate of drug-likeness (QED) is 0.813. The Morgan fingerprint density at radius 2 is 1.76 bits per heavy atom. The predicted molar refractivity (Wildman–Crippen MR) is 80.7 cm³/mol. The highest BCUT2D eigenvalue weighted by atomic mass is 19.1. The van der Waals surface area contributed by atoms with Crippen molar-refractivity contribution < 1.29 is 19.2 Å². The zero-order chi connectivity index (χ0) is 15.8. The van der Waals surface area contributed by atoms with E-state index in [1.54, 1.807) is 12.1 Å². The topological polar surface area (TPSA) is 52.9 Å². The van der Waals surface area contributed by atoms with Crippen LogP contribution in [-0.4, -0.2) is 46.4 Å². The summed E-state index contributed by atoms with van der Waals surface area (Å²) in [6, 6.07) is 4.33. The zero-order valence-corrected chi connectivity index (χ0v) is 13.1. The van der Waals surface area contributed by atoms with Crippen molar-refractivity contribution in [1.82, 2.24) is 4.90 Å². The molecule has 1 heterocycles. The van der Waals surface area contributed by atoms with Crippen LogP contribution in [-0.2, 0) is 11.3 Å². The minimum atomic E-state index is -1.64. The molecule has 2 N–H and O–H groups in total. The van der Waals surface area contributed by atoms with Crippen LogP contribution < -0.4 is 5.46 Å². The van der Waals surface area contributed by atoms with Gasteiger partial charge in [0.1, 0.15) is 5.82 Å². The third-order valence-corrected chi connectivity index (χ3v) is 3.53. The third kappa shape index (κ3) is 4.26. The number of halogens is 1. The molecule has 0 aliphatic carbocycles. The second-order valence-electron chi connectivity index (χ2n) is 6.99. The maximum absolute atomic E-state index is 14.1. The van der Waals surface area contributed by atoms with Gasteiger partial charge in [-0.2, -0.15) is 0 Å². The van der Waals surface area contributed by atoms with Gasteiger partial charge in [0.25, 0.3) is 0 Å². The second kappa shape index (κ2) is 5.68. The monoisotopic (exact) mass is 295 g/mol. The van der Waals surface area contributed by atoms with Gasteiger partial charge in [-0.3, -0.25) is 4.90 Å². The molecule has 1 saturated heterocycles. The molecule has 0 atom stereocenters. The Morgan fingerprint density at radius 1 is 1.19 bits per heavy atom. The summed E-state index contributed by atoms with van der Waals surface area (Å²) < 4.78 is 20.1. The van der Waals surface area contributed by atoms with Crippen LogP contribution in [0.1, 0.15) is 33.3 Å². The van der Waals surface area contributed by atoms with E-state index in [1.807, 2.05) is 27.7 Å². The number of benzene rings is 1. The van der Waals surface area contributed by atoms with E-state index >= 15 is 0 Å². The van der Waals surface area contributed by atoms with Crippen LogP contribution in [0.5, 0.6) is 0 Å². The number of ether oxygens (including phenoxy) is 1. The molecule has 0 bridgehead atoms. The molecule has 0 spiro atoms. The summed E-state index contributed by atoms with van der Waals surface area (Å²) >= 11 is 0. The van der Waals surface area contributed by atoms with Crippen molar-refractivity contribution in [1.29, 1.82) is 0 Å². The van der Waals surface area contributed by atoms with E-state index < -0.39 is 12.9 Å². The van der Waals surface area contributed by atoms with Gasteiger partial charge >= 0.3 is 7.12 Å². The highest BCUT2D eigenvalue weighted by Crippen LogP contribution is 2.29. The van der Waals surface area contributed by atoms with Gasteiger partial charge in [0, 0.05) is 25.2 Å². The van der Waals surface area contributed by atoms with Crippen molar-refractivity contribution in [2.45, 2.75) is 45.4 Å². The Labute approximate surface area is 125 Å². The zero-order valence-electron chi connectivity index (χ0n) is 13.1. The van der Waals surface area contributed by atoms with Gasteiger partial charge in [0.15, 0.2) is 0 Å². The predicted octanol–water partition coefficient (Wildman–Crippen LogP) is 0.895. The molecule has 2 rings (SSSR count). The van der Waals surface area contributed by atoms with Gasteiger partial charge in [-0.15, -0.1) is 0 Å². The third-order valence-electron chi connectivity index (χ3n) is 3.53. The standard InChI is InChI=1S/C15H23BFNO3/c1-14(2)9-18(10-15(3,4)21-14)8-11-5-6-12(16(19)20)7-13(11)17/h5-7,19-20H,8-10H2,1-4H3. The van der Waals surface area contributed by atoms with Gasteiger partial charge in [-0.25, -0.2) is 4.39 Å². The molecular weight excluding hydrogens is 272 g/mol. The van der Waals surface area contributed by atoms with E-state index in [0.717, 1.165) is 13.1 Å². The highest BCUT2D eigenvalue weighted by Gasteiger charge is 2.38. The van der Waals surface area contributed by atoms with Crippen molar-refractivity contribution in [3.8, 4) is 0 Å². The van der Waals surface area contributed by atoms with Crippen LogP contribution >= 0.6 is 0 Å². The fourth-order valence-electron chi connectivity index (χ4n) is 3.15. The van der Waals surface area contributed by atoms with Gasteiger partial charge in [0.05, 0.1) is 11.2 Å². The van der Waals surface area contributed by atoms with Gasteiger partial charge in [-0.05, 0) is 39.2 Å². The Kier molecular flexibility index (Phi) is 4.45. The van der Waals surface area contributed by atoms with E-state index in [-0.39, 0.29) is 16.7 Å². The highest BCUT2D eigenvalue weighted by molar-refractivity contribution is 6.58. The Morgan fingerprint density at radius 3 is 2.24 bits per heavy atom. The number of rotatable bonds is 3. The smallest absolute Gasteiger partial charge is 0.423 e. The second-order valence-corrected chi connectivity index (χ2v) is 6.99. The first-order chi connectivity index (χ1) is 9.58. The molecule has 1 aromatic rings. The SMILES string of the molecule is CC1(C)CN(Cc2ccc(B(O)O)cc2F)CC(C)(C)O1. The van der Waals surface area contributed by atoms with Crippen LogP contribution in [0.2, 0.25) is 0 Å². The lowest BCUT2D eigenvalue weighted by Crippen LogP contribution is -2.56. The maximum atomic E-state index is 14.1. The molecule has 21 heavy (non-hydrogen) atoms. The molecule has 0 radical (unpaired) electrons. The van der Waals surface area contributed by atoms with Crippen LogP contribution in [0.3, 0.4) is 0 Å². The number of hydrogen-bond acceptors (Lipinski definition) is 4. The largest absolute Gasteiger partial charge is 0.488 e. The van der Waals surface area contributed by atoms with E-state index in [2.05, 4.69) is 4.90 Å². The van der Waals surface area contributed by atoms with Crippen molar-refractivity contribution >= 4 is 12.6 Å². The summed E-state index contributed by atoms with van der Waals surface area (Å²) in [5, 5.41) is 18.1. The molecule has 1 aromatic carbocycles. The minimum Gasteiger partial charge on any atom is -0.423 e. The summed E-state index contributed by atoms with van der Waals surface area (Å²) in [4.78, 5) is 2.16. The molecular formula is C15H23BFNO3. The van der Waals surface area contributed by atoms with Crippen molar-refractivity contribution in [3.63, 3.8) is 0 Å². The van der Waals surface area contributed by atoms with E-state index in [0.29, 0.717) is 12.1 Å². The van der Waals surface area contributed by atoms with Crippen molar-refractivity contribution in [2.24, 2.45) is 0 Å². The number of hydrogen-bond donors (Lipinski definition) is 2. The number of nitrogens with zero attached hydrogens (tertiary/aromatic N) is 1. The Hall–Kier alpha value is -0.945. The van der Waals surface area contributed by atoms with Crippen molar-refractivity contribution in [2.75, 3.05) is 13.1 Å². The summed E-state index contributed by atoms with van der Waals surface area (Å²) in [6.45, 7) is 10.0. The van der Waals surface area contributed by atoms with Gasteiger partial charge in [-0.1, -0.05) is 12.1 Å². The fourth-order valence-corrected chi connectivity index (χ4v) is 3.15. The summed E-state index contributed by atoms with van der Waals surface area (Å²) in [7, 11) is -1.64. The molecule has 0 aromatic heterocycles. The average Bonchev–Trinajstić information content (AvgIpc) is 2.27. The molecule has 1 aliphatic rings. The molecule has 116 valence electrons. The van der Waals surface area contributed by atoms with Crippen LogP contribution in [0.15, 0.2) is 18.2 Å². The molecule has 4 nitrogen and oxygen atoms in total. The summed E-state index contributed by atoms with van der Waals surface area (Å²) in [5.74, 6) is -0.414. The number of morpholine rings is 1. The van der Waals surface area contributed by atoms with Crippen LogP contribution in [0.25, 0.3) is 0 Å². The molecule has 1 aliphatic heterocycles. The van der Waals surface area contributed by atoms with Gasteiger partial charge in [0.2, 0.25) is 0 Å². The lowest BCUT2D eigenvalue weighted by atomic mass is 9.80. The van der Waals surface area contributed by atoms with E-state index in [4.69, 9.17) is 14.8 Å². The van der Waals surface area contributed by atoms with Crippen molar-refractivity contribution in [3.05, 3.63) is 29.6 Å². The van der Waals surface area contributed by atoms with Crippen LogP contribution in [0.4, 0.5) is 4.39 Å². The minimum absolute atomic E-state index is 0.166. The molecule has 0 unspecified atom stereocenters. The fraction of sp³-hybridized carbons (Fsp3) is 0.600. The maximum Gasteiger partial charge on any atom is 0.488 e. The Bertz CT molecular complexity index is 504. The normalized spacial score (nSPS) is 21.3. The average molecular weight is 295 g/mol.